The van der Waals surface area contributed by atoms with E-state index in [9.17, 15) is 9.90 Å². The van der Waals surface area contributed by atoms with E-state index in [4.69, 9.17) is 26.8 Å². The van der Waals surface area contributed by atoms with Crippen LogP contribution in [0.15, 0.2) is 12.1 Å². The van der Waals surface area contributed by atoms with Gasteiger partial charge in [0.05, 0.1) is 19.2 Å². The average molecular weight is 289 g/mol. The van der Waals surface area contributed by atoms with Crippen molar-refractivity contribution in [2.45, 2.75) is 12.6 Å². The molecular weight excluding hydrogens is 272 g/mol. The van der Waals surface area contributed by atoms with E-state index in [0.717, 1.165) is 5.56 Å². The predicted molar refractivity (Wildman–Crippen MR) is 71.5 cm³/mol. The van der Waals surface area contributed by atoms with Crippen molar-refractivity contribution in [3.63, 3.8) is 0 Å². The molecule has 0 radical (unpaired) electrons. The molecule has 0 saturated carbocycles. The molecule has 1 aromatic rings. The van der Waals surface area contributed by atoms with Crippen molar-refractivity contribution in [2.75, 3.05) is 20.8 Å². The van der Waals surface area contributed by atoms with Gasteiger partial charge in [-0.3, -0.25) is 4.79 Å². The summed E-state index contributed by atoms with van der Waals surface area (Å²) in [6.07, 6.45) is -1.22. The minimum atomic E-state index is -1.22. The van der Waals surface area contributed by atoms with Crippen LogP contribution in [0.1, 0.15) is 5.56 Å². The van der Waals surface area contributed by atoms with Crippen LogP contribution in [-0.4, -0.2) is 37.9 Å². The maximum atomic E-state index is 10.7. The van der Waals surface area contributed by atoms with Crippen molar-refractivity contribution >= 4 is 17.5 Å². The first-order chi connectivity index (χ1) is 9.01. The zero-order valence-electron chi connectivity index (χ0n) is 10.8. The molecule has 0 aliphatic carbocycles. The van der Waals surface area contributed by atoms with E-state index in [1.807, 2.05) is 0 Å². The summed E-state index contributed by atoms with van der Waals surface area (Å²) >= 11 is 6.17. The van der Waals surface area contributed by atoms with E-state index in [0.29, 0.717) is 23.1 Å². The highest BCUT2D eigenvalue weighted by atomic mass is 35.5. The first kappa shape index (κ1) is 15.6. The van der Waals surface area contributed by atoms with Crippen molar-refractivity contribution in [1.29, 1.82) is 0 Å². The molecule has 4 N–H and O–H groups in total. The molecule has 1 unspecified atom stereocenters. The zero-order chi connectivity index (χ0) is 14.4. The number of rotatable bonds is 7. The number of carbonyl (C=O) groups excluding carboxylic acids is 1. The first-order valence-corrected chi connectivity index (χ1v) is 5.96. The summed E-state index contributed by atoms with van der Waals surface area (Å²) in [5, 5.41) is 12.5. The van der Waals surface area contributed by atoms with E-state index < -0.39 is 12.0 Å². The largest absolute Gasteiger partial charge is 0.493 e. The molecule has 7 heteroatoms. The number of methoxy groups -OCH3 is 2. The van der Waals surface area contributed by atoms with Gasteiger partial charge in [-0.05, 0) is 11.6 Å². The van der Waals surface area contributed by atoms with Crippen LogP contribution in [0.4, 0.5) is 0 Å². The number of carbonyl (C=O) groups is 1. The lowest BCUT2D eigenvalue weighted by atomic mass is 10.2. The zero-order valence-corrected chi connectivity index (χ0v) is 11.5. The lowest BCUT2D eigenvalue weighted by Crippen LogP contribution is -2.37. The van der Waals surface area contributed by atoms with Crippen LogP contribution >= 0.6 is 11.6 Å². The fraction of sp³-hybridized carbons (Fsp3) is 0.417. The molecule has 19 heavy (non-hydrogen) atoms. The van der Waals surface area contributed by atoms with E-state index >= 15 is 0 Å². The maximum Gasteiger partial charge on any atom is 0.247 e. The summed E-state index contributed by atoms with van der Waals surface area (Å²) in [6, 6.07) is 3.50. The van der Waals surface area contributed by atoms with Crippen LogP contribution in [0, 0.1) is 0 Å². The van der Waals surface area contributed by atoms with Gasteiger partial charge in [-0.2, -0.15) is 0 Å². The number of ether oxygens (including phenoxy) is 2. The number of hydrogen-bond donors (Lipinski definition) is 3. The molecule has 1 aromatic carbocycles. The molecule has 0 bridgehead atoms. The Morgan fingerprint density at radius 2 is 2.16 bits per heavy atom. The van der Waals surface area contributed by atoms with E-state index in [-0.39, 0.29) is 6.54 Å². The summed E-state index contributed by atoms with van der Waals surface area (Å²) in [5.41, 5.74) is 5.70. The number of nitrogens with one attached hydrogen (secondary N) is 1. The Bertz CT molecular complexity index is 454. The standard InChI is InChI=1S/C12H17ClN2O4/c1-18-9-4-3-7(10(13)11(9)19-2)5-15-6-8(16)12(14)17/h3-4,8,15-16H,5-6H2,1-2H3,(H2,14,17). The number of halogens is 1. The van der Waals surface area contributed by atoms with Crippen LogP contribution in [-0.2, 0) is 11.3 Å². The van der Waals surface area contributed by atoms with Crippen molar-refractivity contribution in [3.8, 4) is 11.5 Å². The highest BCUT2D eigenvalue weighted by Gasteiger charge is 2.14. The number of hydrogen-bond acceptors (Lipinski definition) is 5. The van der Waals surface area contributed by atoms with Crippen LogP contribution < -0.4 is 20.5 Å². The van der Waals surface area contributed by atoms with Crippen molar-refractivity contribution < 1.29 is 19.4 Å². The number of nitrogens with two attached hydrogens (primary N) is 1. The number of aliphatic hydroxyl groups excluding tert-OH is 1. The van der Waals surface area contributed by atoms with Gasteiger partial charge < -0.3 is 25.6 Å². The second kappa shape index (κ2) is 7.18. The topological polar surface area (TPSA) is 93.8 Å². The van der Waals surface area contributed by atoms with Crippen LogP contribution in [0.3, 0.4) is 0 Å². The summed E-state index contributed by atoms with van der Waals surface area (Å²) in [7, 11) is 3.02. The molecule has 106 valence electrons. The second-order valence-electron chi connectivity index (χ2n) is 3.82. The SMILES string of the molecule is COc1ccc(CNCC(O)C(N)=O)c(Cl)c1OC. The summed E-state index contributed by atoms with van der Waals surface area (Å²) in [4.78, 5) is 10.7. The number of amides is 1. The molecule has 1 atom stereocenters. The second-order valence-corrected chi connectivity index (χ2v) is 4.20. The third kappa shape index (κ3) is 3.99. The lowest BCUT2D eigenvalue weighted by Gasteiger charge is -2.14. The summed E-state index contributed by atoms with van der Waals surface area (Å²) < 4.78 is 10.3. The highest BCUT2D eigenvalue weighted by Crippen LogP contribution is 2.37. The molecule has 0 aliphatic heterocycles. The summed E-state index contributed by atoms with van der Waals surface area (Å²) in [5.74, 6) is 0.207. The molecule has 0 aromatic heterocycles. The van der Waals surface area contributed by atoms with E-state index in [1.165, 1.54) is 14.2 Å². The van der Waals surface area contributed by atoms with Crippen LogP contribution in [0.5, 0.6) is 11.5 Å². The Morgan fingerprint density at radius 1 is 1.47 bits per heavy atom. The molecule has 0 spiro atoms. The minimum Gasteiger partial charge on any atom is -0.493 e. The quantitative estimate of drug-likeness (QED) is 0.671. The molecule has 0 aliphatic rings. The smallest absolute Gasteiger partial charge is 0.247 e. The van der Waals surface area contributed by atoms with Gasteiger partial charge in [-0.1, -0.05) is 17.7 Å². The molecule has 0 fully saturated rings. The molecule has 1 amide bonds. The van der Waals surface area contributed by atoms with Crippen LogP contribution in [0.25, 0.3) is 0 Å². The minimum absolute atomic E-state index is 0.0556. The van der Waals surface area contributed by atoms with Crippen LogP contribution in [0.2, 0.25) is 5.02 Å². The van der Waals surface area contributed by atoms with Crippen molar-refractivity contribution in [1.82, 2.24) is 5.32 Å². The van der Waals surface area contributed by atoms with Gasteiger partial charge in [0.2, 0.25) is 5.91 Å². The Hall–Kier alpha value is -1.50. The van der Waals surface area contributed by atoms with Gasteiger partial charge in [0, 0.05) is 13.1 Å². The van der Waals surface area contributed by atoms with Crippen molar-refractivity contribution in [3.05, 3.63) is 22.7 Å². The molecular formula is C12H17ClN2O4. The molecule has 0 saturated heterocycles. The van der Waals surface area contributed by atoms with E-state index in [2.05, 4.69) is 5.32 Å². The third-order valence-electron chi connectivity index (χ3n) is 2.55. The molecule has 1 rings (SSSR count). The number of primary amides is 1. The lowest BCUT2D eigenvalue weighted by molar-refractivity contribution is -0.125. The third-order valence-corrected chi connectivity index (χ3v) is 2.96. The Labute approximate surface area is 116 Å². The Kier molecular flexibility index (Phi) is 5.88. The number of benzene rings is 1. The van der Waals surface area contributed by atoms with Gasteiger partial charge in [0.15, 0.2) is 11.5 Å². The molecule has 0 heterocycles. The normalized spacial score (nSPS) is 12.0. The average Bonchev–Trinajstić information content (AvgIpc) is 2.39. The monoisotopic (exact) mass is 288 g/mol. The highest BCUT2D eigenvalue weighted by molar-refractivity contribution is 6.33. The summed E-state index contributed by atoms with van der Waals surface area (Å²) in [6.45, 7) is 0.420. The van der Waals surface area contributed by atoms with Gasteiger partial charge in [-0.15, -0.1) is 0 Å². The Balaban J connectivity index is 2.72. The fourth-order valence-corrected chi connectivity index (χ4v) is 1.81. The van der Waals surface area contributed by atoms with Gasteiger partial charge >= 0.3 is 0 Å². The van der Waals surface area contributed by atoms with Gasteiger partial charge in [-0.25, -0.2) is 0 Å². The van der Waals surface area contributed by atoms with E-state index in [1.54, 1.807) is 12.1 Å². The fourth-order valence-electron chi connectivity index (χ4n) is 1.51. The van der Waals surface area contributed by atoms with Gasteiger partial charge in [0.1, 0.15) is 6.10 Å². The maximum absolute atomic E-state index is 10.7. The first-order valence-electron chi connectivity index (χ1n) is 5.58. The predicted octanol–water partition coefficient (Wildman–Crippen LogP) is 0.293. The molecule has 6 nitrogen and oxygen atoms in total. The van der Waals surface area contributed by atoms with Gasteiger partial charge in [0.25, 0.3) is 0 Å². The Morgan fingerprint density at radius 3 is 2.68 bits per heavy atom. The number of aliphatic hydroxyl groups is 1. The van der Waals surface area contributed by atoms with Crippen molar-refractivity contribution in [2.24, 2.45) is 5.73 Å².